The van der Waals surface area contributed by atoms with E-state index in [2.05, 4.69) is 5.32 Å². The van der Waals surface area contributed by atoms with Crippen LogP contribution in [0.3, 0.4) is 0 Å². The summed E-state index contributed by atoms with van der Waals surface area (Å²) < 4.78 is 10.6. The fraction of sp³-hybridized carbons (Fsp3) is 0.867. The van der Waals surface area contributed by atoms with Crippen molar-refractivity contribution in [1.82, 2.24) is 5.32 Å². The second kappa shape index (κ2) is 8.17. The van der Waals surface area contributed by atoms with E-state index in [-0.39, 0.29) is 6.61 Å². The van der Waals surface area contributed by atoms with Gasteiger partial charge in [-0.05, 0) is 5.57 Å². The molecule has 24 heavy (non-hydrogen) atoms. The number of ether oxygens (including phenoxy) is 2. The van der Waals surface area contributed by atoms with Crippen LogP contribution in [0, 0.1) is 5.92 Å². The van der Waals surface area contributed by atoms with Crippen molar-refractivity contribution in [3.63, 3.8) is 0 Å². The molecule has 0 spiro atoms. The molecule has 0 aromatic heterocycles. The van der Waals surface area contributed by atoms with Gasteiger partial charge in [-0.15, -0.1) is 0 Å². The van der Waals surface area contributed by atoms with E-state index in [0.29, 0.717) is 5.57 Å². The molecule has 9 atom stereocenters. The summed E-state index contributed by atoms with van der Waals surface area (Å²) in [7, 11) is 1.36. The van der Waals surface area contributed by atoms with E-state index in [1.807, 2.05) is 0 Å². The van der Waals surface area contributed by atoms with E-state index in [4.69, 9.17) is 9.47 Å². The molecule has 1 fully saturated rings. The zero-order valence-electron chi connectivity index (χ0n) is 13.7. The second-order valence-electron chi connectivity index (χ2n) is 6.35. The first kappa shape index (κ1) is 19.7. The van der Waals surface area contributed by atoms with Crippen LogP contribution in [0.25, 0.3) is 0 Å². The number of rotatable bonds is 5. The van der Waals surface area contributed by atoms with Crippen molar-refractivity contribution in [1.29, 1.82) is 0 Å². The molecule has 0 saturated carbocycles. The molecule has 1 heterocycles. The van der Waals surface area contributed by atoms with Crippen LogP contribution in [0.5, 0.6) is 0 Å². The molecule has 0 aromatic carbocycles. The Labute approximate surface area is 140 Å². The lowest BCUT2D eigenvalue weighted by molar-refractivity contribution is -0.264. The Morgan fingerprint density at radius 2 is 1.79 bits per heavy atom. The smallest absolute Gasteiger partial charge is 0.175 e. The van der Waals surface area contributed by atoms with Gasteiger partial charge in [-0.3, -0.25) is 5.32 Å². The Morgan fingerprint density at radius 3 is 2.33 bits per heavy atom. The van der Waals surface area contributed by atoms with Crippen LogP contribution in [0.2, 0.25) is 0 Å². The van der Waals surface area contributed by atoms with E-state index in [9.17, 15) is 30.6 Å². The van der Waals surface area contributed by atoms with Crippen molar-refractivity contribution in [2.45, 2.75) is 55.8 Å². The van der Waals surface area contributed by atoms with Crippen molar-refractivity contribution in [3.05, 3.63) is 11.6 Å². The third kappa shape index (κ3) is 3.64. The largest absolute Gasteiger partial charge is 0.394 e. The Bertz CT molecular complexity index is 445. The Kier molecular flexibility index (Phi) is 6.71. The summed E-state index contributed by atoms with van der Waals surface area (Å²) >= 11 is 0. The maximum absolute atomic E-state index is 10.3. The highest BCUT2D eigenvalue weighted by atomic mass is 16.7. The Balaban J connectivity index is 2.19. The average Bonchev–Trinajstić information content (AvgIpc) is 2.59. The zero-order chi connectivity index (χ0) is 18.0. The predicted molar refractivity (Wildman–Crippen MR) is 81.8 cm³/mol. The van der Waals surface area contributed by atoms with Gasteiger partial charge in [0.05, 0.1) is 37.5 Å². The van der Waals surface area contributed by atoms with Crippen molar-refractivity contribution < 1.29 is 40.1 Å². The number of aliphatic hydroxyl groups is 6. The van der Waals surface area contributed by atoms with Crippen LogP contribution in [-0.2, 0) is 9.47 Å². The summed E-state index contributed by atoms with van der Waals surface area (Å²) in [6.07, 6.45) is -5.01. The molecule has 0 bridgehead atoms. The standard InChI is InChI=1S/C15H27NO8/c1-6-11(19)7(4-17)3-8(12(6)20)16-10-14(22)13(21)9(5-18)24-15(10)23-2/h3,6,8-22H,4-5H2,1-2H3/t6?,8?,9?,10-,11+,12-,13-,14?,15+/m1/s1. The fourth-order valence-electron chi connectivity index (χ4n) is 3.26. The number of hydrogen-bond acceptors (Lipinski definition) is 9. The number of nitrogens with one attached hydrogen (secondary N) is 1. The molecule has 4 unspecified atom stereocenters. The first-order valence-electron chi connectivity index (χ1n) is 7.94. The minimum atomic E-state index is -1.33. The van der Waals surface area contributed by atoms with E-state index in [1.165, 1.54) is 13.2 Å². The maximum atomic E-state index is 10.3. The summed E-state index contributed by atoms with van der Waals surface area (Å²) in [5.41, 5.74) is 0.360. The number of hydrogen-bond donors (Lipinski definition) is 7. The maximum Gasteiger partial charge on any atom is 0.175 e. The highest BCUT2D eigenvalue weighted by Gasteiger charge is 2.46. The lowest BCUT2D eigenvalue weighted by Crippen LogP contribution is -2.66. The molecule has 1 saturated heterocycles. The van der Waals surface area contributed by atoms with Crippen LogP contribution < -0.4 is 5.32 Å². The monoisotopic (exact) mass is 349 g/mol. The fourth-order valence-corrected chi connectivity index (χ4v) is 3.26. The van der Waals surface area contributed by atoms with Crippen LogP contribution in [0.15, 0.2) is 11.6 Å². The summed E-state index contributed by atoms with van der Waals surface area (Å²) in [6, 6.07) is -1.57. The van der Waals surface area contributed by atoms with Crippen LogP contribution in [-0.4, -0.2) is 99.9 Å². The molecule has 2 rings (SSSR count). The molecule has 0 aromatic rings. The quantitative estimate of drug-likeness (QED) is 0.253. The molecular formula is C15H27NO8. The molecule has 1 aliphatic heterocycles. The SMILES string of the molecule is CO[C@H]1OC(CO)[C@@H](O)C(O)[C@H]1NC1C=C(CO)[C@@H](O)C(C)[C@H]1O. The van der Waals surface area contributed by atoms with Crippen molar-refractivity contribution >= 4 is 0 Å². The molecule has 0 amide bonds. The minimum absolute atomic E-state index is 0.358. The molecule has 2 aliphatic rings. The number of methoxy groups -OCH3 is 1. The molecule has 7 N–H and O–H groups in total. The average molecular weight is 349 g/mol. The van der Waals surface area contributed by atoms with E-state index >= 15 is 0 Å². The third-order valence-electron chi connectivity index (χ3n) is 4.86. The lowest BCUT2D eigenvalue weighted by atomic mass is 9.81. The van der Waals surface area contributed by atoms with Crippen LogP contribution in [0.4, 0.5) is 0 Å². The van der Waals surface area contributed by atoms with Gasteiger partial charge >= 0.3 is 0 Å². The van der Waals surface area contributed by atoms with Crippen LogP contribution >= 0.6 is 0 Å². The predicted octanol–water partition coefficient (Wildman–Crippen LogP) is -3.31. The summed E-state index contributed by atoms with van der Waals surface area (Å²) in [5.74, 6) is -0.535. The van der Waals surface area contributed by atoms with E-state index < -0.39 is 61.4 Å². The first-order valence-corrected chi connectivity index (χ1v) is 7.94. The molecule has 1 aliphatic carbocycles. The number of aliphatic hydroxyl groups excluding tert-OH is 6. The minimum Gasteiger partial charge on any atom is -0.394 e. The van der Waals surface area contributed by atoms with Gasteiger partial charge in [0.25, 0.3) is 0 Å². The Hall–Kier alpha value is -0.620. The van der Waals surface area contributed by atoms with Crippen molar-refractivity contribution in [2.75, 3.05) is 20.3 Å². The summed E-state index contributed by atoms with van der Waals surface area (Å²) in [5, 5.41) is 62.2. The van der Waals surface area contributed by atoms with Gasteiger partial charge in [-0.1, -0.05) is 13.0 Å². The van der Waals surface area contributed by atoms with Gasteiger partial charge in [0, 0.05) is 13.0 Å². The Morgan fingerprint density at radius 1 is 1.12 bits per heavy atom. The normalized spacial score (nSPS) is 46.7. The molecule has 0 radical (unpaired) electrons. The third-order valence-corrected chi connectivity index (χ3v) is 4.86. The second-order valence-corrected chi connectivity index (χ2v) is 6.35. The van der Waals surface area contributed by atoms with Gasteiger partial charge in [0.1, 0.15) is 18.3 Å². The topological polar surface area (TPSA) is 152 Å². The zero-order valence-corrected chi connectivity index (χ0v) is 13.7. The summed E-state index contributed by atoms with van der Waals surface area (Å²) in [6.45, 7) is 0.808. The van der Waals surface area contributed by atoms with Gasteiger partial charge in [0.2, 0.25) is 0 Å². The first-order chi connectivity index (χ1) is 11.3. The van der Waals surface area contributed by atoms with Gasteiger partial charge < -0.3 is 40.1 Å². The van der Waals surface area contributed by atoms with Gasteiger partial charge in [-0.25, -0.2) is 0 Å². The lowest BCUT2D eigenvalue weighted by Gasteiger charge is -2.45. The highest BCUT2D eigenvalue weighted by Crippen LogP contribution is 2.28. The van der Waals surface area contributed by atoms with E-state index in [1.54, 1.807) is 6.92 Å². The van der Waals surface area contributed by atoms with Crippen molar-refractivity contribution in [2.24, 2.45) is 5.92 Å². The van der Waals surface area contributed by atoms with E-state index in [0.717, 1.165) is 0 Å². The highest BCUT2D eigenvalue weighted by molar-refractivity contribution is 5.21. The summed E-state index contributed by atoms with van der Waals surface area (Å²) in [4.78, 5) is 0. The van der Waals surface area contributed by atoms with Gasteiger partial charge in [-0.2, -0.15) is 0 Å². The molecule has 9 heteroatoms. The molecular weight excluding hydrogens is 322 g/mol. The molecule has 9 nitrogen and oxygen atoms in total. The molecule has 140 valence electrons. The van der Waals surface area contributed by atoms with Crippen molar-refractivity contribution in [3.8, 4) is 0 Å². The van der Waals surface area contributed by atoms with Crippen LogP contribution in [0.1, 0.15) is 6.92 Å². The van der Waals surface area contributed by atoms with Gasteiger partial charge in [0.15, 0.2) is 6.29 Å².